The van der Waals surface area contributed by atoms with E-state index in [2.05, 4.69) is 63.8 Å². The number of nitrogens with zero attached hydrogens (tertiary/aromatic N) is 2. The van der Waals surface area contributed by atoms with Crippen molar-refractivity contribution in [1.29, 1.82) is 0 Å². The average molecular weight is 283 g/mol. The van der Waals surface area contributed by atoms with Crippen LogP contribution in [0.5, 0.6) is 0 Å². The molecular weight excluding hydrogens is 254 g/mol. The van der Waals surface area contributed by atoms with Crippen LogP contribution in [0.3, 0.4) is 0 Å². The lowest BCUT2D eigenvalue weighted by Gasteiger charge is -2.34. The fourth-order valence-electron chi connectivity index (χ4n) is 2.13. The van der Waals surface area contributed by atoms with Crippen LogP contribution >= 0.6 is 11.3 Å². The lowest BCUT2D eigenvalue weighted by atomic mass is 10.0. The Morgan fingerprint density at radius 2 is 2.00 bits per heavy atom. The molecule has 3 nitrogen and oxygen atoms in total. The second kappa shape index (κ2) is 6.82. The Bertz CT molecular complexity index is 379. The zero-order chi connectivity index (χ0) is 14.6. The van der Waals surface area contributed by atoms with Gasteiger partial charge in [0.25, 0.3) is 0 Å². The monoisotopic (exact) mass is 283 g/mol. The molecule has 1 heterocycles. The summed E-state index contributed by atoms with van der Waals surface area (Å²) >= 11 is 1.76. The normalized spacial score (nSPS) is 14.4. The quantitative estimate of drug-likeness (QED) is 0.868. The van der Waals surface area contributed by atoms with Crippen LogP contribution in [-0.4, -0.2) is 35.1 Å². The van der Waals surface area contributed by atoms with Crippen molar-refractivity contribution in [1.82, 2.24) is 15.2 Å². The summed E-state index contributed by atoms with van der Waals surface area (Å²) in [7, 11) is 2.22. The molecule has 0 saturated carbocycles. The van der Waals surface area contributed by atoms with Gasteiger partial charge in [-0.15, -0.1) is 11.3 Å². The van der Waals surface area contributed by atoms with Gasteiger partial charge in [-0.3, -0.25) is 4.90 Å². The smallest absolute Gasteiger partial charge is 0.0798 e. The van der Waals surface area contributed by atoms with E-state index in [1.54, 1.807) is 11.3 Å². The molecule has 1 N–H and O–H groups in total. The van der Waals surface area contributed by atoms with E-state index in [9.17, 15) is 0 Å². The maximum atomic E-state index is 4.34. The van der Waals surface area contributed by atoms with Crippen LogP contribution in [-0.2, 0) is 6.54 Å². The second-order valence-electron chi connectivity index (χ2n) is 6.72. The lowest BCUT2D eigenvalue weighted by molar-refractivity contribution is 0.170. The fourth-order valence-corrected chi connectivity index (χ4v) is 2.97. The molecule has 1 unspecified atom stereocenters. The molecule has 0 fully saturated rings. The van der Waals surface area contributed by atoms with Crippen molar-refractivity contribution >= 4 is 11.3 Å². The van der Waals surface area contributed by atoms with Gasteiger partial charge in [-0.2, -0.15) is 0 Å². The Balaban J connectivity index is 2.63. The summed E-state index contributed by atoms with van der Waals surface area (Å²) in [6.45, 7) is 15.4. The molecular formula is C15H29N3S. The van der Waals surface area contributed by atoms with E-state index < -0.39 is 0 Å². The van der Waals surface area contributed by atoms with Gasteiger partial charge in [0.2, 0.25) is 0 Å². The van der Waals surface area contributed by atoms with Crippen LogP contribution in [0.1, 0.15) is 45.2 Å². The van der Waals surface area contributed by atoms with Gasteiger partial charge in [-0.25, -0.2) is 4.98 Å². The fraction of sp³-hybridized carbons (Fsp3) is 0.800. The van der Waals surface area contributed by atoms with E-state index in [-0.39, 0.29) is 5.54 Å². The van der Waals surface area contributed by atoms with Crippen molar-refractivity contribution in [2.24, 2.45) is 5.92 Å². The summed E-state index contributed by atoms with van der Waals surface area (Å²) < 4.78 is 0. The van der Waals surface area contributed by atoms with Gasteiger partial charge in [0.05, 0.1) is 11.2 Å². The van der Waals surface area contributed by atoms with Crippen molar-refractivity contribution in [2.75, 3.05) is 13.6 Å². The average Bonchev–Trinajstić information content (AvgIpc) is 2.62. The Morgan fingerprint density at radius 3 is 2.42 bits per heavy atom. The second-order valence-corrected chi connectivity index (χ2v) is 7.66. The van der Waals surface area contributed by atoms with Crippen molar-refractivity contribution in [3.8, 4) is 0 Å². The summed E-state index contributed by atoms with van der Waals surface area (Å²) in [5.41, 5.74) is 3.29. The number of rotatable bonds is 6. The minimum Gasteiger partial charge on any atom is -0.311 e. The van der Waals surface area contributed by atoms with E-state index >= 15 is 0 Å². The number of hydrogen-bond acceptors (Lipinski definition) is 4. The highest BCUT2D eigenvalue weighted by Crippen LogP contribution is 2.18. The highest BCUT2D eigenvalue weighted by Gasteiger charge is 2.22. The first-order valence-corrected chi connectivity index (χ1v) is 7.93. The lowest BCUT2D eigenvalue weighted by Crippen LogP contribution is -2.48. The van der Waals surface area contributed by atoms with Gasteiger partial charge in [-0.1, -0.05) is 13.8 Å². The summed E-state index contributed by atoms with van der Waals surface area (Å²) in [5, 5.41) is 3.62. The van der Waals surface area contributed by atoms with E-state index in [0.29, 0.717) is 12.0 Å². The third-order valence-electron chi connectivity index (χ3n) is 3.42. The highest BCUT2D eigenvalue weighted by molar-refractivity contribution is 7.09. The topological polar surface area (TPSA) is 28.2 Å². The number of aryl methyl sites for hydroxylation is 1. The minimum atomic E-state index is 0.175. The SMILES string of the molecule is Cc1ncsc1CN(C)C(CNC(C)(C)C)C(C)C. The summed E-state index contributed by atoms with van der Waals surface area (Å²) in [6.07, 6.45) is 0. The molecule has 19 heavy (non-hydrogen) atoms. The first kappa shape index (κ1) is 16.6. The molecule has 1 aromatic heterocycles. The van der Waals surface area contributed by atoms with E-state index in [0.717, 1.165) is 13.1 Å². The maximum Gasteiger partial charge on any atom is 0.0798 e. The number of hydrogen-bond donors (Lipinski definition) is 1. The van der Waals surface area contributed by atoms with Crippen LogP contribution in [0.2, 0.25) is 0 Å². The number of nitrogens with one attached hydrogen (secondary N) is 1. The molecule has 1 atom stereocenters. The maximum absolute atomic E-state index is 4.34. The van der Waals surface area contributed by atoms with Gasteiger partial charge in [0.15, 0.2) is 0 Å². The molecule has 0 saturated heterocycles. The first-order chi connectivity index (χ1) is 8.70. The molecule has 4 heteroatoms. The summed E-state index contributed by atoms with van der Waals surface area (Å²) in [5.74, 6) is 0.632. The Morgan fingerprint density at radius 1 is 1.37 bits per heavy atom. The van der Waals surface area contributed by atoms with Crippen molar-refractivity contribution < 1.29 is 0 Å². The molecule has 0 radical (unpaired) electrons. The van der Waals surface area contributed by atoms with Crippen LogP contribution in [0, 0.1) is 12.8 Å². The van der Waals surface area contributed by atoms with Crippen molar-refractivity contribution in [3.63, 3.8) is 0 Å². The summed E-state index contributed by atoms with van der Waals surface area (Å²) in [6, 6.07) is 0.542. The van der Waals surface area contributed by atoms with Gasteiger partial charge in [0.1, 0.15) is 0 Å². The number of likely N-dealkylation sites (N-methyl/N-ethyl adjacent to an activating group) is 1. The third-order valence-corrected chi connectivity index (χ3v) is 4.33. The standard InChI is InChI=1S/C15H29N3S/c1-11(2)13(8-17-15(4,5)6)18(7)9-14-12(3)16-10-19-14/h10-11,13,17H,8-9H2,1-7H3. The zero-order valence-electron chi connectivity index (χ0n) is 13.4. The summed E-state index contributed by atoms with van der Waals surface area (Å²) in [4.78, 5) is 8.16. The van der Waals surface area contributed by atoms with Crippen molar-refractivity contribution in [2.45, 2.75) is 59.7 Å². The number of aromatic nitrogens is 1. The molecule has 1 aromatic rings. The third kappa shape index (κ3) is 5.59. The van der Waals surface area contributed by atoms with Gasteiger partial charge < -0.3 is 5.32 Å². The molecule has 0 bridgehead atoms. The minimum absolute atomic E-state index is 0.175. The van der Waals surface area contributed by atoms with E-state index in [4.69, 9.17) is 0 Å². The van der Waals surface area contributed by atoms with Crippen LogP contribution < -0.4 is 5.32 Å². The molecule has 0 spiro atoms. The highest BCUT2D eigenvalue weighted by atomic mass is 32.1. The van der Waals surface area contributed by atoms with Gasteiger partial charge in [-0.05, 0) is 40.7 Å². The Labute approximate surface area is 122 Å². The van der Waals surface area contributed by atoms with E-state index in [1.165, 1.54) is 10.6 Å². The van der Waals surface area contributed by atoms with Gasteiger partial charge in [0, 0.05) is 29.5 Å². The molecule has 0 aliphatic rings. The molecule has 1 rings (SSSR count). The van der Waals surface area contributed by atoms with Crippen LogP contribution in [0.15, 0.2) is 5.51 Å². The molecule has 0 aromatic carbocycles. The van der Waals surface area contributed by atoms with Crippen LogP contribution in [0.25, 0.3) is 0 Å². The van der Waals surface area contributed by atoms with Gasteiger partial charge >= 0.3 is 0 Å². The molecule has 0 amide bonds. The molecule has 0 aliphatic heterocycles. The Kier molecular flexibility index (Phi) is 5.96. The molecule has 110 valence electrons. The predicted molar refractivity (Wildman–Crippen MR) is 84.7 cm³/mol. The van der Waals surface area contributed by atoms with Crippen LogP contribution in [0.4, 0.5) is 0 Å². The molecule has 0 aliphatic carbocycles. The Hall–Kier alpha value is -0.450. The van der Waals surface area contributed by atoms with E-state index in [1.807, 2.05) is 5.51 Å². The number of thiazole rings is 1. The predicted octanol–water partition coefficient (Wildman–Crippen LogP) is 3.30. The zero-order valence-corrected chi connectivity index (χ0v) is 14.3. The largest absolute Gasteiger partial charge is 0.311 e. The van der Waals surface area contributed by atoms with Crippen molar-refractivity contribution in [3.05, 3.63) is 16.1 Å². The first-order valence-electron chi connectivity index (χ1n) is 7.05.